The fraction of sp³-hybridized carbons (Fsp3) is 0.308. The minimum Gasteiger partial charge on any atom is -0.467 e. The summed E-state index contributed by atoms with van der Waals surface area (Å²) >= 11 is 1.43. The number of hydrogen-bond acceptors (Lipinski definition) is 7. The summed E-state index contributed by atoms with van der Waals surface area (Å²) < 4.78 is 40.0. The number of rotatable bonds is 6. The first-order valence-corrected chi connectivity index (χ1v) is 13.9. The van der Waals surface area contributed by atoms with E-state index >= 15 is 0 Å². The zero-order chi connectivity index (χ0) is 25.4. The Morgan fingerprint density at radius 2 is 1.81 bits per heavy atom. The highest BCUT2D eigenvalue weighted by atomic mass is 32.2. The number of nitrogens with zero attached hydrogens (tertiary/aromatic N) is 3. The van der Waals surface area contributed by atoms with Gasteiger partial charge in [0.25, 0.3) is 5.91 Å². The average Bonchev–Trinajstić information content (AvgIpc) is 3.52. The first kappa shape index (κ1) is 24.6. The Morgan fingerprint density at radius 3 is 2.44 bits per heavy atom. The monoisotopic (exact) mass is 525 g/mol. The van der Waals surface area contributed by atoms with Crippen molar-refractivity contribution in [2.75, 3.05) is 18.0 Å². The molecule has 188 valence electrons. The molecule has 1 fully saturated rings. The van der Waals surface area contributed by atoms with Crippen molar-refractivity contribution >= 4 is 42.6 Å². The Morgan fingerprint density at radius 1 is 1.08 bits per heavy atom. The van der Waals surface area contributed by atoms with Gasteiger partial charge < -0.3 is 9.15 Å². The van der Waals surface area contributed by atoms with E-state index in [2.05, 4.69) is 0 Å². The van der Waals surface area contributed by atoms with E-state index in [0.29, 0.717) is 29.5 Å². The molecule has 2 aromatic carbocycles. The van der Waals surface area contributed by atoms with Crippen LogP contribution in [0.1, 0.15) is 35.5 Å². The molecule has 1 amide bonds. The molecular weight excluding hydrogens is 498 g/mol. The van der Waals surface area contributed by atoms with Crippen molar-refractivity contribution in [3.05, 3.63) is 77.7 Å². The maximum absolute atomic E-state index is 13.7. The average molecular weight is 526 g/mol. The molecule has 0 bridgehead atoms. The number of ether oxygens (including phenoxy) is 1. The fourth-order valence-corrected chi connectivity index (χ4v) is 7.01. The smallest absolute Gasteiger partial charge is 0.260 e. The van der Waals surface area contributed by atoms with Crippen LogP contribution in [0.5, 0.6) is 0 Å². The topological polar surface area (TPSA) is 93.0 Å². The van der Waals surface area contributed by atoms with Crippen molar-refractivity contribution in [2.45, 2.75) is 44.4 Å². The Labute approximate surface area is 214 Å². The molecule has 8 nitrogen and oxygen atoms in total. The molecule has 2 unspecified atom stereocenters. The number of aromatic nitrogens is 1. The number of morpholine rings is 1. The number of amides is 1. The Bertz CT molecular complexity index is 1470. The van der Waals surface area contributed by atoms with Crippen molar-refractivity contribution in [3.63, 3.8) is 0 Å². The number of anilines is 1. The summed E-state index contributed by atoms with van der Waals surface area (Å²) in [5.74, 6) is 0.328. The highest BCUT2D eigenvalue weighted by Crippen LogP contribution is 2.32. The summed E-state index contributed by atoms with van der Waals surface area (Å²) in [5, 5.41) is 0.550. The number of carbonyl (C=O) groups is 1. The van der Waals surface area contributed by atoms with Crippen molar-refractivity contribution in [2.24, 2.45) is 0 Å². The molecule has 3 heterocycles. The number of sulfonamides is 1. The van der Waals surface area contributed by atoms with Gasteiger partial charge in [-0.25, -0.2) is 13.4 Å². The number of furan rings is 1. The summed E-state index contributed by atoms with van der Waals surface area (Å²) in [6.07, 6.45) is 1.20. The Hall–Kier alpha value is -3.05. The van der Waals surface area contributed by atoms with Crippen LogP contribution >= 0.6 is 11.3 Å². The van der Waals surface area contributed by atoms with E-state index in [1.54, 1.807) is 35.4 Å². The zero-order valence-electron chi connectivity index (χ0n) is 20.2. The first-order valence-electron chi connectivity index (χ1n) is 11.7. The molecule has 4 aromatic rings. The summed E-state index contributed by atoms with van der Waals surface area (Å²) in [6.45, 7) is 6.49. The highest BCUT2D eigenvalue weighted by molar-refractivity contribution is 7.89. The maximum Gasteiger partial charge on any atom is 0.260 e. The molecule has 1 saturated heterocycles. The van der Waals surface area contributed by atoms with Crippen LogP contribution in [-0.4, -0.2) is 48.9 Å². The van der Waals surface area contributed by atoms with Gasteiger partial charge in [-0.3, -0.25) is 9.69 Å². The third kappa shape index (κ3) is 4.81. The quantitative estimate of drug-likeness (QED) is 0.358. The van der Waals surface area contributed by atoms with Gasteiger partial charge in [0.15, 0.2) is 5.13 Å². The molecule has 0 aliphatic carbocycles. The second kappa shape index (κ2) is 9.78. The molecule has 5 rings (SSSR count). The number of hydrogen-bond donors (Lipinski definition) is 0. The number of carbonyl (C=O) groups excluding carboxylic acids is 1. The summed E-state index contributed by atoms with van der Waals surface area (Å²) in [4.78, 5) is 20.1. The molecule has 1 aliphatic rings. The van der Waals surface area contributed by atoms with Crippen molar-refractivity contribution in [1.82, 2.24) is 9.29 Å². The lowest BCUT2D eigenvalue weighted by molar-refractivity contribution is -0.0440. The second-order valence-corrected chi connectivity index (χ2v) is 11.9. The van der Waals surface area contributed by atoms with Crippen molar-refractivity contribution in [3.8, 4) is 0 Å². The number of para-hydroxylation sites is 1. The molecule has 0 radical (unpaired) electrons. The van der Waals surface area contributed by atoms with Gasteiger partial charge in [-0.15, -0.1) is 0 Å². The van der Waals surface area contributed by atoms with Crippen LogP contribution in [0.2, 0.25) is 0 Å². The number of aryl methyl sites for hydroxylation is 1. The minimum absolute atomic E-state index is 0.147. The summed E-state index contributed by atoms with van der Waals surface area (Å²) in [5.41, 5.74) is 2.24. The minimum atomic E-state index is -3.70. The lowest BCUT2D eigenvalue weighted by Gasteiger charge is -2.34. The molecule has 2 aromatic heterocycles. The molecule has 1 aliphatic heterocycles. The number of fused-ring (bicyclic) bond motifs is 1. The third-order valence-electron chi connectivity index (χ3n) is 6.10. The van der Waals surface area contributed by atoms with Crippen LogP contribution in [0, 0.1) is 6.92 Å². The van der Waals surface area contributed by atoms with Crippen LogP contribution in [0.15, 0.2) is 70.2 Å². The molecular formula is C26H27N3O5S2. The van der Waals surface area contributed by atoms with Crippen LogP contribution in [0.4, 0.5) is 5.13 Å². The van der Waals surface area contributed by atoms with E-state index in [9.17, 15) is 13.2 Å². The molecule has 10 heteroatoms. The Balaban J connectivity index is 1.45. The van der Waals surface area contributed by atoms with Gasteiger partial charge in [0, 0.05) is 18.7 Å². The molecule has 0 N–H and O–H groups in total. The largest absolute Gasteiger partial charge is 0.467 e. The molecule has 0 spiro atoms. The zero-order valence-corrected chi connectivity index (χ0v) is 21.9. The van der Waals surface area contributed by atoms with E-state index in [0.717, 1.165) is 15.8 Å². The van der Waals surface area contributed by atoms with Crippen LogP contribution < -0.4 is 4.90 Å². The molecule has 2 atom stereocenters. The van der Waals surface area contributed by atoms with Gasteiger partial charge in [0.1, 0.15) is 5.76 Å². The van der Waals surface area contributed by atoms with Crippen LogP contribution in [-0.2, 0) is 21.3 Å². The predicted molar refractivity (Wildman–Crippen MR) is 139 cm³/mol. The normalized spacial score (nSPS) is 19.0. The van der Waals surface area contributed by atoms with Gasteiger partial charge in [0.05, 0.1) is 40.1 Å². The van der Waals surface area contributed by atoms with Gasteiger partial charge in [-0.1, -0.05) is 23.5 Å². The van der Waals surface area contributed by atoms with Crippen molar-refractivity contribution < 1.29 is 22.4 Å². The van der Waals surface area contributed by atoms with Gasteiger partial charge in [-0.05, 0) is 68.8 Å². The van der Waals surface area contributed by atoms with Gasteiger partial charge >= 0.3 is 0 Å². The Kier molecular flexibility index (Phi) is 6.69. The van der Waals surface area contributed by atoms with Gasteiger partial charge in [-0.2, -0.15) is 4.31 Å². The maximum atomic E-state index is 13.7. The lowest BCUT2D eigenvalue weighted by atomic mass is 10.2. The SMILES string of the molecule is Cc1cccc2sc(N(Cc3ccco3)C(=O)c3ccc(S(=O)(=O)N4CC(C)OC(C)C4)cc3)nc12. The second-order valence-electron chi connectivity index (χ2n) is 8.99. The van der Waals surface area contributed by atoms with E-state index in [1.807, 2.05) is 39.0 Å². The standard InChI is InChI=1S/C26H27N3O5S2/c1-17-6-4-8-23-24(17)27-26(35-23)29(16-21-7-5-13-33-21)25(30)20-9-11-22(12-10-20)36(31,32)28-14-18(2)34-19(3)15-28/h4-13,18-19H,14-16H2,1-3H3. The first-order chi connectivity index (χ1) is 17.2. The number of benzene rings is 2. The highest BCUT2D eigenvalue weighted by Gasteiger charge is 2.32. The van der Waals surface area contributed by atoms with E-state index in [4.69, 9.17) is 14.1 Å². The fourth-order valence-electron chi connectivity index (χ4n) is 4.38. The third-order valence-corrected chi connectivity index (χ3v) is 8.99. The van der Waals surface area contributed by atoms with Crippen molar-refractivity contribution in [1.29, 1.82) is 0 Å². The number of thiazole rings is 1. The van der Waals surface area contributed by atoms with Crippen LogP contribution in [0.3, 0.4) is 0 Å². The van der Waals surface area contributed by atoms with E-state index < -0.39 is 10.0 Å². The molecule has 36 heavy (non-hydrogen) atoms. The summed E-state index contributed by atoms with van der Waals surface area (Å²) in [7, 11) is -3.70. The van der Waals surface area contributed by atoms with Gasteiger partial charge in [0.2, 0.25) is 10.0 Å². The van der Waals surface area contributed by atoms with E-state index in [-0.39, 0.29) is 29.6 Å². The summed E-state index contributed by atoms with van der Waals surface area (Å²) in [6, 6.07) is 15.6. The predicted octanol–water partition coefficient (Wildman–Crippen LogP) is 4.84. The lowest BCUT2D eigenvalue weighted by Crippen LogP contribution is -2.48. The molecule has 0 saturated carbocycles. The van der Waals surface area contributed by atoms with Crippen LogP contribution in [0.25, 0.3) is 10.2 Å². The van der Waals surface area contributed by atoms with E-state index in [1.165, 1.54) is 27.8 Å².